The molecule has 4 nitrogen and oxygen atoms in total. The number of nitrogens with zero attached hydrogens (tertiary/aromatic N) is 1. The van der Waals surface area contributed by atoms with Crippen molar-refractivity contribution in [3.05, 3.63) is 70.8 Å². The van der Waals surface area contributed by atoms with E-state index in [4.69, 9.17) is 17.0 Å². The highest BCUT2D eigenvalue weighted by atomic mass is 32.1. The van der Waals surface area contributed by atoms with Crippen molar-refractivity contribution in [1.29, 1.82) is 0 Å². The molecule has 2 unspecified atom stereocenters. The number of carbonyl (C=O) groups is 1. The number of hydrogen-bond acceptors (Lipinski definition) is 3. The summed E-state index contributed by atoms with van der Waals surface area (Å²) < 4.78 is 5.39. The number of aryl methyl sites for hydroxylation is 2. The molecule has 2 aromatic carbocycles. The molecule has 1 N–H and O–H groups in total. The van der Waals surface area contributed by atoms with Crippen molar-refractivity contribution >= 4 is 29.0 Å². The Morgan fingerprint density at radius 3 is 2.62 bits per heavy atom. The van der Waals surface area contributed by atoms with Gasteiger partial charge in [-0.1, -0.05) is 54.1 Å². The van der Waals surface area contributed by atoms with Gasteiger partial charge in [-0.15, -0.1) is 0 Å². The SMILES string of the molecule is CCOC(=O)C1C(c2ccccc2)=NC(=S)NC1c1cc(C)ccc1C. The van der Waals surface area contributed by atoms with Crippen LogP contribution in [0.25, 0.3) is 0 Å². The van der Waals surface area contributed by atoms with Gasteiger partial charge in [0.1, 0.15) is 5.92 Å². The van der Waals surface area contributed by atoms with E-state index in [1.807, 2.05) is 51.1 Å². The largest absolute Gasteiger partial charge is 0.465 e. The van der Waals surface area contributed by atoms with Gasteiger partial charge in [0.2, 0.25) is 0 Å². The normalized spacial score (nSPS) is 19.5. The monoisotopic (exact) mass is 366 g/mol. The lowest BCUT2D eigenvalue weighted by Gasteiger charge is -2.33. The molecule has 0 aromatic heterocycles. The summed E-state index contributed by atoms with van der Waals surface area (Å²) >= 11 is 5.39. The van der Waals surface area contributed by atoms with Crippen molar-refractivity contribution in [1.82, 2.24) is 5.32 Å². The van der Waals surface area contributed by atoms with Crippen molar-refractivity contribution < 1.29 is 9.53 Å². The van der Waals surface area contributed by atoms with Crippen LogP contribution in [0.5, 0.6) is 0 Å². The van der Waals surface area contributed by atoms with Crippen LogP contribution in [-0.4, -0.2) is 23.4 Å². The fraction of sp³-hybridized carbons (Fsp3) is 0.286. The summed E-state index contributed by atoms with van der Waals surface area (Å²) in [5, 5.41) is 3.62. The molecule has 134 valence electrons. The molecule has 0 radical (unpaired) electrons. The standard InChI is InChI=1S/C21H22N2O2S/c1-4-25-20(24)17-18(15-8-6-5-7-9-15)22-21(26)23-19(17)16-12-13(2)10-11-14(16)3/h5-12,17,19H,4H2,1-3H3,(H,23,26). The Bertz CT molecular complexity index is 862. The molecule has 1 aliphatic heterocycles. The highest BCUT2D eigenvalue weighted by molar-refractivity contribution is 7.80. The highest BCUT2D eigenvalue weighted by Gasteiger charge is 2.40. The van der Waals surface area contributed by atoms with Crippen LogP contribution in [0.2, 0.25) is 0 Å². The molecule has 0 saturated heterocycles. The van der Waals surface area contributed by atoms with E-state index in [1.54, 1.807) is 0 Å². The van der Waals surface area contributed by atoms with Crippen molar-refractivity contribution in [3.63, 3.8) is 0 Å². The number of carbonyl (C=O) groups excluding carboxylic acids is 1. The van der Waals surface area contributed by atoms with Crippen LogP contribution in [-0.2, 0) is 9.53 Å². The minimum atomic E-state index is -0.565. The smallest absolute Gasteiger partial charge is 0.317 e. The van der Waals surface area contributed by atoms with Crippen LogP contribution in [0.4, 0.5) is 0 Å². The highest BCUT2D eigenvalue weighted by Crippen LogP contribution is 2.32. The first-order valence-corrected chi connectivity index (χ1v) is 9.10. The first kappa shape index (κ1) is 18.3. The van der Waals surface area contributed by atoms with Gasteiger partial charge in [-0.2, -0.15) is 0 Å². The molecular weight excluding hydrogens is 344 g/mol. The number of rotatable bonds is 4. The Balaban J connectivity index is 2.14. The van der Waals surface area contributed by atoms with E-state index in [1.165, 1.54) is 0 Å². The van der Waals surface area contributed by atoms with Gasteiger partial charge in [-0.25, -0.2) is 4.99 Å². The second-order valence-corrected chi connectivity index (χ2v) is 6.77. The van der Waals surface area contributed by atoms with Gasteiger partial charge in [0.15, 0.2) is 5.11 Å². The molecule has 2 atom stereocenters. The van der Waals surface area contributed by atoms with Crippen molar-refractivity contribution in [2.75, 3.05) is 6.61 Å². The van der Waals surface area contributed by atoms with Crippen LogP contribution in [0.3, 0.4) is 0 Å². The minimum Gasteiger partial charge on any atom is -0.465 e. The van der Waals surface area contributed by atoms with Gasteiger partial charge in [-0.05, 0) is 49.7 Å². The van der Waals surface area contributed by atoms with Gasteiger partial charge < -0.3 is 10.1 Å². The van der Waals surface area contributed by atoms with Gasteiger partial charge in [0.25, 0.3) is 0 Å². The first-order chi connectivity index (χ1) is 12.5. The number of thiocarbonyl (C=S) groups is 1. The zero-order valence-corrected chi connectivity index (χ0v) is 16.0. The number of esters is 1. The summed E-state index contributed by atoms with van der Waals surface area (Å²) in [5.74, 6) is -0.861. The summed E-state index contributed by atoms with van der Waals surface area (Å²) in [6.07, 6.45) is 0. The van der Waals surface area contributed by atoms with Crippen LogP contribution < -0.4 is 5.32 Å². The Labute approximate surface area is 159 Å². The van der Waals surface area contributed by atoms with Crippen LogP contribution in [0.15, 0.2) is 53.5 Å². The van der Waals surface area contributed by atoms with E-state index in [2.05, 4.69) is 28.5 Å². The maximum atomic E-state index is 12.9. The van der Waals surface area contributed by atoms with Crippen LogP contribution in [0.1, 0.15) is 35.2 Å². The van der Waals surface area contributed by atoms with E-state index in [0.717, 1.165) is 22.3 Å². The predicted molar refractivity (Wildman–Crippen MR) is 107 cm³/mol. The molecular formula is C21H22N2O2S. The van der Waals surface area contributed by atoms with Gasteiger partial charge >= 0.3 is 5.97 Å². The fourth-order valence-electron chi connectivity index (χ4n) is 3.27. The van der Waals surface area contributed by atoms with Crippen LogP contribution >= 0.6 is 12.2 Å². The fourth-order valence-corrected chi connectivity index (χ4v) is 3.50. The summed E-state index contributed by atoms with van der Waals surface area (Å²) in [6.45, 7) is 6.21. The summed E-state index contributed by atoms with van der Waals surface area (Å²) in [4.78, 5) is 17.4. The summed E-state index contributed by atoms with van der Waals surface area (Å²) in [5.41, 5.74) is 4.79. The third kappa shape index (κ3) is 3.68. The lowest BCUT2D eigenvalue weighted by atomic mass is 9.83. The molecule has 0 aliphatic carbocycles. The zero-order valence-electron chi connectivity index (χ0n) is 15.2. The lowest BCUT2D eigenvalue weighted by Crippen LogP contribution is -2.45. The molecule has 5 heteroatoms. The molecule has 1 heterocycles. The molecule has 26 heavy (non-hydrogen) atoms. The van der Waals surface area contributed by atoms with E-state index in [9.17, 15) is 4.79 Å². The Morgan fingerprint density at radius 1 is 1.19 bits per heavy atom. The van der Waals surface area contributed by atoms with E-state index < -0.39 is 5.92 Å². The van der Waals surface area contributed by atoms with E-state index in [0.29, 0.717) is 17.4 Å². The van der Waals surface area contributed by atoms with Gasteiger partial charge in [0.05, 0.1) is 18.4 Å². The van der Waals surface area contributed by atoms with Crippen molar-refractivity contribution in [2.45, 2.75) is 26.8 Å². The maximum absolute atomic E-state index is 12.9. The topological polar surface area (TPSA) is 50.7 Å². The Kier molecular flexibility index (Phi) is 5.47. The lowest BCUT2D eigenvalue weighted by molar-refractivity contribution is -0.146. The molecule has 1 aliphatic rings. The first-order valence-electron chi connectivity index (χ1n) is 8.69. The molecule has 2 aromatic rings. The zero-order chi connectivity index (χ0) is 18.7. The summed E-state index contributed by atoms with van der Waals surface area (Å²) in [7, 11) is 0. The van der Waals surface area contributed by atoms with Gasteiger partial charge in [0, 0.05) is 0 Å². The second-order valence-electron chi connectivity index (χ2n) is 6.38. The quantitative estimate of drug-likeness (QED) is 0.659. The number of nitrogens with one attached hydrogen (secondary N) is 1. The average Bonchev–Trinajstić information content (AvgIpc) is 2.64. The third-order valence-electron chi connectivity index (χ3n) is 4.51. The number of hydrogen-bond donors (Lipinski definition) is 1. The van der Waals surface area contributed by atoms with Crippen LogP contribution in [0, 0.1) is 19.8 Å². The van der Waals surface area contributed by atoms with E-state index >= 15 is 0 Å². The van der Waals surface area contributed by atoms with Gasteiger partial charge in [-0.3, -0.25) is 4.79 Å². The third-order valence-corrected chi connectivity index (χ3v) is 4.72. The predicted octanol–water partition coefficient (Wildman–Crippen LogP) is 3.90. The number of aliphatic imine (C=N–C) groups is 1. The average molecular weight is 366 g/mol. The molecule has 0 saturated carbocycles. The molecule has 0 fully saturated rings. The number of ether oxygens (including phenoxy) is 1. The maximum Gasteiger partial charge on any atom is 0.317 e. The van der Waals surface area contributed by atoms with Crippen molar-refractivity contribution in [3.8, 4) is 0 Å². The molecule has 0 spiro atoms. The Morgan fingerprint density at radius 2 is 1.92 bits per heavy atom. The van der Waals surface area contributed by atoms with E-state index in [-0.39, 0.29) is 12.0 Å². The second kappa shape index (κ2) is 7.79. The number of benzene rings is 2. The molecule has 3 rings (SSSR count). The molecule has 0 bridgehead atoms. The van der Waals surface area contributed by atoms with Crippen molar-refractivity contribution in [2.24, 2.45) is 10.9 Å². The Hall–Kier alpha value is -2.53. The summed E-state index contributed by atoms with van der Waals surface area (Å²) in [6, 6.07) is 15.6. The molecule has 0 amide bonds. The minimum absolute atomic E-state index is 0.295.